The molecule has 0 aliphatic carbocycles. The fraction of sp³-hybridized carbons (Fsp3) is 0.750. The first-order chi connectivity index (χ1) is 4.97. The summed E-state index contributed by atoms with van der Waals surface area (Å²) in [5.74, 6) is 0. The van der Waals surface area contributed by atoms with Gasteiger partial charge in [-0.15, -0.1) is 0 Å². The Morgan fingerprint density at radius 3 is 3.20 bits per heavy atom. The predicted octanol–water partition coefficient (Wildman–Crippen LogP) is 0.632. The molecule has 0 saturated carbocycles. The van der Waals surface area contributed by atoms with Crippen LogP contribution in [0.15, 0.2) is 11.3 Å². The van der Waals surface area contributed by atoms with Gasteiger partial charge in [-0.3, -0.25) is 0 Å². The Kier molecular flexibility index (Phi) is 1.63. The molecule has 1 N–H and O–H groups in total. The molecular weight excluding hydrogens is 124 g/mol. The van der Waals surface area contributed by atoms with Crippen LogP contribution in [0.1, 0.15) is 19.3 Å². The first-order valence-corrected chi connectivity index (χ1v) is 4.05. The molecule has 0 atom stereocenters. The number of nitrogens with zero attached hydrogens (tertiary/aromatic N) is 1. The Labute approximate surface area is 61.7 Å². The van der Waals surface area contributed by atoms with Crippen molar-refractivity contribution in [2.45, 2.75) is 19.3 Å². The van der Waals surface area contributed by atoms with E-state index in [2.05, 4.69) is 10.6 Å². The molecule has 0 aromatic carbocycles. The van der Waals surface area contributed by atoms with Crippen LogP contribution < -0.4 is 10.6 Å². The van der Waals surface area contributed by atoms with Gasteiger partial charge in [0.25, 0.3) is 0 Å². The topological polar surface area (TPSA) is 26.1 Å². The Bertz CT molecular complexity index is 127. The van der Waals surface area contributed by atoms with Crippen LogP contribution in [0.25, 0.3) is 0 Å². The summed E-state index contributed by atoms with van der Waals surface area (Å²) >= 11 is 0. The highest BCUT2D eigenvalue weighted by Gasteiger charge is 2.15. The van der Waals surface area contributed by atoms with Crippen molar-refractivity contribution in [2.75, 3.05) is 19.6 Å². The summed E-state index contributed by atoms with van der Waals surface area (Å²) in [6, 6.07) is 0. The summed E-state index contributed by atoms with van der Waals surface area (Å²) in [5.41, 5.74) is 3.07. The van der Waals surface area contributed by atoms with Crippen LogP contribution in [-0.4, -0.2) is 19.6 Å². The lowest BCUT2D eigenvalue weighted by atomic mass is 9.99. The molecule has 55 valence electrons. The standard InChI is InChI=1S/C8H13N2/c1-2-7-6-9-5-3-8(7)10-4-1/h10H,1-6H2. The molecule has 0 amide bonds. The minimum atomic E-state index is 1.00. The van der Waals surface area contributed by atoms with E-state index in [4.69, 9.17) is 0 Å². The van der Waals surface area contributed by atoms with Crippen molar-refractivity contribution in [3.63, 3.8) is 0 Å². The third-order valence-corrected chi connectivity index (χ3v) is 2.24. The van der Waals surface area contributed by atoms with Crippen LogP contribution in [0.2, 0.25) is 0 Å². The highest BCUT2D eigenvalue weighted by molar-refractivity contribution is 5.19. The molecule has 0 fully saturated rings. The van der Waals surface area contributed by atoms with E-state index in [1.807, 2.05) is 0 Å². The van der Waals surface area contributed by atoms with Gasteiger partial charge in [-0.05, 0) is 18.4 Å². The van der Waals surface area contributed by atoms with Crippen LogP contribution in [0.3, 0.4) is 0 Å². The molecular formula is C8H13N2. The molecule has 0 bridgehead atoms. The molecule has 0 spiro atoms. The number of hydrogen-bond donors (Lipinski definition) is 1. The summed E-state index contributed by atoms with van der Waals surface area (Å²) < 4.78 is 0. The third-order valence-electron chi connectivity index (χ3n) is 2.24. The summed E-state index contributed by atoms with van der Waals surface area (Å²) in [6.45, 7) is 3.22. The number of rotatable bonds is 0. The maximum Gasteiger partial charge on any atom is 0.0363 e. The van der Waals surface area contributed by atoms with Gasteiger partial charge in [0.1, 0.15) is 0 Å². The number of nitrogens with one attached hydrogen (secondary N) is 1. The quantitative estimate of drug-likeness (QED) is 0.520. The molecule has 10 heavy (non-hydrogen) atoms. The highest BCUT2D eigenvalue weighted by atomic mass is 14.9. The van der Waals surface area contributed by atoms with Gasteiger partial charge in [-0.2, -0.15) is 0 Å². The van der Waals surface area contributed by atoms with E-state index in [1.54, 1.807) is 5.57 Å². The summed E-state index contributed by atoms with van der Waals surface area (Å²) in [6.07, 6.45) is 3.75. The van der Waals surface area contributed by atoms with Gasteiger partial charge in [0.15, 0.2) is 0 Å². The summed E-state index contributed by atoms with van der Waals surface area (Å²) in [5, 5.41) is 7.80. The Balaban J connectivity index is 2.14. The van der Waals surface area contributed by atoms with Gasteiger partial charge in [0, 0.05) is 31.8 Å². The lowest BCUT2D eigenvalue weighted by Crippen LogP contribution is -2.30. The first kappa shape index (κ1) is 6.23. The Hall–Kier alpha value is -0.500. The SMILES string of the molecule is C1CNC2=C(C1)C[N]CC2. The zero-order valence-corrected chi connectivity index (χ0v) is 6.19. The zero-order chi connectivity index (χ0) is 6.81. The van der Waals surface area contributed by atoms with Crippen molar-refractivity contribution in [3.8, 4) is 0 Å². The summed E-state index contributed by atoms with van der Waals surface area (Å²) in [7, 11) is 0. The normalized spacial score (nSPS) is 25.6. The van der Waals surface area contributed by atoms with Gasteiger partial charge in [0.2, 0.25) is 0 Å². The smallest absolute Gasteiger partial charge is 0.0363 e. The van der Waals surface area contributed by atoms with E-state index >= 15 is 0 Å². The third kappa shape index (κ3) is 1.03. The van der Waals surface area contributed by atoms with Crippen LogP contribution in [0.4, 0.5) is 0 Å². The molecule has 2 rings (SSSR count). The van der Waals surface area contributed by atoms with Crippen molar-refractivity contribution in [2.24, 2.45) is 0 Å². The lowest BCUT2D eigenvalue weighted by molar-refractivity contribution is 0.547. The van der Waals surface area contributed by atoms with Crippen LogP contribution in [0, 0.1) is 0 Å². The van der Waals surface area contributed by atoms with E-state index in [9.17, 15) is 0 Å². The maximum absolute atomic E-state index is 4.36. The molecule has 2 heterocycles. The number of hydrogen-bond acceptors (Lipinski definition) is 1. The van der Waals surface area contributed by atoms with E-state index in [1.165, 1.54) is 25.1 Å². The van der Waals surface area contributed by atoms with Crippen molar-refractivity contribution >= 4 is 0 Å². The first-order valence-electron chi connectivity index (χ1n) is 4.05. The molecule has 2 nitrogen and oxygen atoms in total. The Morgan fingerprint density at radius 1 is 1.30 bits per heavy atom. The Morgan fingerprint density at radius 2 is 2.30 bits per heavy atom. The van der Waals surface area contributed by atoms with E-state index < -0.39 is 0 Å². The van der Waals surface area contributed by atoms with Gasteiger partial charge >= 0.3 is 0 Å². The van der Waals surface area contributed by atoms with Crippen molar-refractivity contribution in [1.82, 2.24) is 10.6 Å². The van der Waals surface area contributed by atoms with E-state index in [0.29, 0.717) is 0 Å². The van der Waals surface area contributed by atoms with Crippen molar-refractivity contribution in [3.05, 3.63) is 11.3 Å². The minimum absolute atomic E-state index is 1.00. The van der Waals surface area contributed by atoms with Gasteiger partial charge < -0.3 is 5.32 Å². The second kappa shape index (κ2) is 2.62. The second-order valence-electron chi connectivity index (χ2n) is 2.97. The fourth-order valence-electron chi connectivity index (χ4n) is 1.66. The second-order valence-corrected chi connectivity index (χ2v) is 2.97. The van der Waals surface area contributed by atoms with E-state index in [-0.39, 0.29) is 0 Å². The van der Waals surface area contributed by atoms with Crippen LogP contribution >= 0.6 is 0 Å². The largest absolute Gasteiger partial charge is 0.388 e. The van der Waals surface area contributed by atoms with Crippen LogP contribution in [-0.2, 0) is 0 Å². The predicted molar refractivity (Wildman–Crippen MR) is 40.7 cm³/mol. The zero-order valence-electron chi connectivity index (χ0n) is 6.19. The molecule has 0 saturated heterocycles. The van der Waals surface area contributed by atoms with Gasteiger partial charge in [-0.25, -0.2) is 5.32 Å². The van der Waals surface area contributed by atoms with Gasteiger partial charge in [0.05, 0.1) is 0 Å². The highest BCUT2D eigenvalue weighted by Crippen LogP contribution is 2.18. The van der Waals surface area contributed by atoms with Gasteiger partial charge in [-0.1, -0.05) is 0 Å². The lowest BCUT2D eigenvalue weighted by Gasteiger charge is -2.25. The molecule has 0 aromatic heterocycles. The monoisotopic (exact) mass is 137 g/mol. The molecule has 2 aliphatic heterocycles. The fourth-order valence-corrected chi connectivity index (χ4v) is 1.66. The van der Waals surface area contributed by atoms with Crippen molar-refractivity contribution < 1.29 is 0 Å². The van der Waals surface area contributed by atoms with Crippen molar-refractivity contribution in [1.29, 1.82) is 0 Å². The minimum Gasteiger partial charge on any atom is -0.388 e. The van der Waals surface area contributed by atoms with E-state index in [0.717, 1.165) is 19.5 Å². The molecule has 2 heteroatoms. The average molecular weight is 137 g/mol. The molecule has 0 unspecified atom stereocenters. The molecule has 2 aliphatic rings. The van der Waals surface area contributed by atoms with Crippen LogP contribution in [0.5, 0.6) is 0 Å². The molecule has 0 aromatic rings. The maximum atomic E-state index is 4.36. The summed E-state index contributed by atoms with van der Waals surface area (Å²) in [4.78, 5) is 0. The average Bonchev–Trinajstić information content (AvgIpc) is 2.05. The molecule has 1 radical (unpaired) electrons.